The molecule has 0 bridgehead atoms. The van der Waals surface area contributed by atoms with Gasteiger partial charge in [0.15, 0.2) is 11.5 Å². The third-order valence-corrected chi connectivity index (χ3v) is 2.44. The first kappa shape index (κ1) is 14.5. The number of aromatic nitrogens is 1. The molecule has 0 saturated carbocycles. The molecule has 0 N–H and O–H groups in total. The van der Waals surface area contributed by atoms with Crippen molar-refractivity contribution < 1.29 is 23.0 Å². The van der Waals surface area contributed by atoms with Gasteiger partial charge in [-0.1, -0.05) is 0 Å². The van der Waals surface area contributed by atoms with Crippen molar-refractivity contribution >= 4 is 0 Å². The van der Waals surface area contributed by atoms with Crippen molar-refractivity contribution in [2.75, 3.05) is 7.11 Å². The SMILES string of the molecule is COc1cc(C#N)ncc1Oc1ccc(OC(F)F)cc1. The monoisotopic (exact) mass is 292 g/mol. The lowest BCUT2D eigenvalue weighted by Crippen LogP contribution is -2.01. The lowest BCUT2D eigenvalue weighted by atomic mass is 10.3. The highest BCUT2D eigenvalue weighted by atomic mass is 19.3. The minimum Gasteiger partial charge on any atom is -0.493 e. The van der Waals surface area contributed by atoms with Crippen molar-refractivity contribution in [2.45, 2.75) is 6.61 Å². The highest BCUT2D eigenvalue weighted by Crippen LogP contribution is 2.31. The molecule has 0 radical (unpaired) electrons. The number of methoxy groups -OCH3 is 1. The Bertz CT molecular complexity index is 654. The molecule has 2 aromatic rings. The van der Waals surface area contributed by atoms with E-state index in [1.165, 1.54) is 43.6 Å². The van der Waals surface area contributed by atoms with Gasteiger partial charge in [0.05, 0.1) is 13.3 Å². The van der Waals surface area contributed by atoms with Crippen molar-refractivity contribution in [1.29, 1.82) is 5.26 Å². The molecule has 0 unspecified atom stereocenters. The minimum atomic E-state index is -2.88. The van der Waals surface area contributed by atoms with Gasteiger partial charge in [0.2, 0.25) is 0 Å². The van der Waals surface area contributed by atoms with Gasteiger partial charge in [0.1, 0.15) is 23.3 Å². The van der Waals surface area contributed by atoms with Crippen molar-refractivity contribution in [1.82, 2.24) is 4.98 Å². The van der Waals surface area contributed by atoms with Crippen LogP contribution >= 0.6 is 0 Å². The molecule has 2 rings (SSSR count). The number of hydrogen-bond acceptors (Lipinski definition) is 5. The van der Waals surface area contributed by atoms with Crippen molar-refractivity contribution in [3.8, 4) is 29.1 Å². The summed E-state index contributed by atoms with van der Waals surface area (Å²) < 4.78 is 38.9. The zero-order valence-electron chi connectivity index (χ0n) is 10.9. The fourth-order valence-electron chi connectivity index (χ4n) is 1.54. The number of rotatable bonds is 5. The van der Waals surface area contributed by atoms with E-state index in [0.717, 1.165) is 0 Å². The van der Waals surface area contributed by atoms with Crippen LogP contribution in [0.5, 0.6) is 23.0 Å². The second-order valence-electron chi connectivity index (χ2n) is 3.78. The smallest absolute Gasteiger partial charge is 0.387 e. The number of nitriles is 1. The summed E-state index contributed by atoms with van der Waals surface area (Å²) in [5, 5.41) is 8.76. The molecule has 0 atom stereocenters. The quantitative estimate of drug-likeness (QED) is 0.845. The summed E-state index contributed by atoms with van der Waals surface area (Å²) in [5.41, 5.74) is 0.194. The summed E-state index contributed by atoms with van der Waals surface area (Å²) in [7, 11) is 1.43. The highest BCUT2D eigenvalue weighted by molar-refractivity contribution is 5.45. The summed E-state index contributed by atoms with van der Waals surface area (Å²) in [5.74, 6) is 1.07. The summed E-state index contributed by atoms with van der Waals surface area (Å²) in [4.78, 5) is 3.87. The summed E-state index contributed by atoms with van der Waals surface area (Å²) in [6.45, 7) is -2.88. The normalized spacial score (nSPS) is 10.0. The van der Waals surface area contributed by atoms with Crippen molar-refractivity contribution in [2.24, 2.45) is 0 Å². The molecule has 0 fully saturated rings. The van der Waals surface area contributed by atoms with Crippen LogP contribution in [0, 0.1) is 11.3 Å². The van der Waals surface area contributed by atoms with Crippen LogP contribution in [0.2, 0.25) is 0 Å². The van der Waals surface area contributed by atoms with Crippen LogP contribution in [-0.2, 0) is 0 Å². The van der Waals surface area contributed by atoms with E-state index < -0.39 is 6.61 Å². The van der Waals surface area contributed by atoms with E-state index in [-0.39, 0.29) is 11.4 Å². The van der Waals surface area contributed by atoms with E-state index >= 15 is 0 Å². The Balaban J connectivity index is 2.16. The van der Waals surface area contributed by atoms with E-state index in [2.05, 4.69) is 9.72 Å². The molecule has 21 heavy (non-hydrogen) atoms. The molecule has 5 nitrogen and oxygen atoms in total. The zero-order chi connectivity index (χ0) is 15.2. The number of pyridine rings is 1. The standard InChI is InChI=1S/C14H10F2N2O3/c1-19-12-6-9(7-17)18-8-13(12)20-10-2-4-11(5-3-10)21-14(15)16/h2-6,8,14H,1H3. The average molecular weight is 292 g/mol. The highest BCUT2D eigenvalue weighted by Gasteiger charge is 2.09. The molecule has 108 valence electrons. The number of ether oxygens (including phenoxy) is 3. The predicted molar refractivity (Wildman–Crippen MR) is 68.7 cm³/mol. The molecule has 7 heteroatoms. The molecule has 0 aliphatic carbocycles. The van der Waals surface area contributed by atoms with E-state index in [0.29, 0.717) is 17.2 Å². The van der Waals surface area contributed by atoms with Gasteiger partial charge in [-0.2, -0.15) is 14.0 Å². The number of hydrogen-bond donors (Lipinski definition) is 0. The van der Waals surface area contributed by atoms with Crippen LogP contribution in [-0.4, -0.2) is 18.7 Å². The first-order valence-electron chi connectivity index (χ1n) is 5.79. The number of alkyl halides is 2. The first-order chi connectivity index (χ1) is 10.1. The third-order valence-electron chi connectivity index (χ3n) is 2.44. The lowest BCUT2D eigenvalue weighted by molar-refractivity contribution is -0.0498. The van der Waals surface area contributed by atoms with Crippen LogP contribution in [0.25, 0.3) is 0 Å². The molecule has 0 aliphatic heterocycles. The maximum Gasteiger partial charge on any atom is 0.387 e. The van der Waals surface area contributed by atoms with Gasteiger partial charge in [-0.15, -0.1) is 0 Å². The number of benzene rings is 1. The van der Waals surface area contributed by atoms with Crippen LogP contribution < -0.4 is 14.2 Å². The Hall–Kier alpha value is -2.88. The van der Waals surface area contributed by atoms with E-state index in [1.54, 1.807) is 0 Å². The molecule has 0 aliphatic rings. The Morgan fingerprint density at radius 1 is 1.14 bits per heavy atom. The van der Waals surface area contributed by atoms with Gasteiger partial charge in [-0.05, 0) is 24.3 Å². The summed E-state index contributed by atoms with van der Waals surface area (Å²) in [6, 6.07) is 8.96. The van der Waals surface area contributed by atoms with Gasteiger partial charge >= 0.3 is 6.61 Å². The van der Waals surface area contributed by atoms with E-state index in [4.69, 9.17) is 14.7 Å². The number of halogens is 2. The van der Waals surface area contributed by atoms with Gasteiger partial charge in [0, 0.05) is 6.07 Å². The molecule has 0 saturated heterocycles. The van der Waals surface area contributed by atoms with Crippen LogP contribution in [0.1, 0.15) is 5.69 Å². The Kier molecular flexibility index (Phi) is 4.51. The number of nitrogens with zero attached hydrogens (tertiary/aromatic N) is 2. The topological polar surface area (TPSA) is 64.4 Å². The second-order valence-corrected chi connectivity index (χ2v) is 3.78. The largest absolute Gasteiger partial charge is 0.493 e. The molecular formula is C14H10F2N2O3. The Labute approximate surface area is 119 Å². The molecule has 0 spiro atoms. The predicted octanol–water partition coefficient (Wildman–Crippen LogP) is 3.36. The van der Waals surface area contributed by atoms with Gasteiger partial charge in [-0.25, -0.2) is 4.98 Å². The fraction of sp³-hybridized carbons (Fsp3) is 0.143. The van der Waals surface area contributed by atoms with Crippen LogP contribution in [0.15, 0.2) is 36.5 Å². The Morgan fingerprint density at radius 2 is 1.81 bits per heavy atom. The van der Waals surface area contributed by atoms with Crippen molar-refractivity contribution in [3.05, 3.63) is 42.2 Å². The van der Waals surface area contributed by atoms with Crippen molar-refractivity contribution in [3.63, 3.8) is 0 Å². The molecular weight excluding hydrogens is 282 g/mol. The van der Waals surface area contributed by atoms with Gasteiger partial charge < -0.3 is 14.2 Å². The zero-order valence-corrected chi connectivity index (χ0v) is 10.9. The lowest BCUT2D eigenvalue weighted by Gasteiger charge is -2.10. The second kappa shape index (κ2) is 6.52. The van der Waals surface area contributed by atoms with Gasteiger partial charge in [-0.3, -0.25) is 0 Å². The first-order valence-corrected chi connectivity index (χ1v) is 5.79. The van der Waals surface area contributed by atoms with Crippen LogP contribution in [0.3, 0.4) is 0 Å². The maximum atomic E-state index is 12.0. The minimum absolute atomic E-state index is 0.0299. The van der Waals surface area contributed by atoms with Crippen LogP contribution in [0.4, 0.5) is 8.78 Å². The molecule has 1 aromatic heterocycles. The van der Waals surface area contributed by atoms with E-state index in [1.807, 2.05) is 6.07 Å². The average Bonchev–Trinajstić information content (AvgIpc) is 2.49. The third kappa shape index (κ3) is 3.79. The molecule has 1 heterocycles. The maximum absolute atomic E-state index is 12.0. The molecule has 1 aromatic carbocycles. The molecule has 0 amide bonds. The summed E-state index contributed by atoms with van der Waals surface area (Å²) in [6.07, 6.45) is 1.35. The Morgan fingerprint density at radius 3 is 2.38 bits per heavy atom. The van der Waals surface area contributed by atoms with E-state index in [9.17, 15) is 8.78 Å². The fourth-order valence-corrected chi connectivity index (χ4v) is 1.54. The van der Waals surface area contributed by atoms with Gasteiger partial charge in [0.25, 0.3) is 0 Å². The summed E-state index contributed by atoms with van der Waals surface area (Å²) >= 11 is 0.